The molecule has 1 nitrogen and oxygen atoms in total. The van der Waals surface area contributed by atoms with Crippen LogP contribution < -0.4 is 0 Å². The van der Waals surface area contributed by atoms with E-state index < -0.39 is 0 Å². The van der Waals surface area contributed by atoms with E-state index >= 15 is 0 Å². The maximum atomic E-state index is 3.53. The van der Waals surface area contributed by atoms with Gasteiger partial charge in [0, 0.05) is 32.8 Å². The maximum Gasteiger partial charge on any atom is 0.0490 e. The molecular weight excluding hydrogens is 330 g/mol. The van der Waals surface area contributed by atoms with Gasteiger partial charge in [-0.05, 0) is 46.7 Å². The number of rotatable bonds is 2. The summed E-state index contributed by atoms with van der Waals surface area (Å²) in [4.78, 5) is 0. The lowest BCUT2D eigenvalue weighted by Gasteiger charge is -2.05. The zero-order valence-electron chi connectivity index (χ0n) is 10.7. The van der Waals surface area contributed by atoms with E-state index in [1.54, 1.807) is 0 Å². The van der Waals surface area contributed by atoms with Crippen LogP contribution in [0.1, 0.15) is 5.56 Å². The second-order valence-electron chi connectivity index (χ2n) is 4.90. The summed E-state index contributed by atoms with van der Waals surface area (Å²) in [6, 6.07) is 17.2. The smallest absolute Gasteiger partial charge is 0.0490 e. The number of aromatic nitrogens is 1. The lowest BCUT2D eigenvalue weighted by atomic mass is 10.2. The van der Waals surface area contributed by atoms with Gasteiger partial charge in [0.1, 0.15) is 0 Å². The molecule has 20 heavy (non-hydrogen) atoms. The van der Waals surface area contributed by atoms with Crippen LogP contribution in [-0.2, 0) is 6.54 Å². The van der Waals surface area contributed by atoms with Crippen molar-refractivity contribution >= 4 is 48.3 Å². The predicted molar refractivity (Wildman–Crippen MR) is 90.6 cm³/mol. The van der Waals surface area contributed by atoms with Gasteiger partial charge in [0.05, 0.1) is 0 Å². The maximum absolute atomic E-state index is 3.53. The molecule has 98 valence electrons. The molecule has 0 saturated carbocycles. The summed E-state index contributed by atoms with van der Waals surface area (Å²) in [5.41, 5.74) is 2.68. The van der Waals surface area contributed by atoms with E-state index in [4.69, 9.17) is 0 Å². The van der Waals surface area contributed by atoms with E-state index in [1.807, 2.05) is 11.3 Å². The van der Waals surface area contributed by atoms with Crippen LogP contribution in [0.4, 0.5) is 0 Å². The Hall–Kier alpha value is -1.58. The number of hydrogen-bond acceptors (Lipinski definition) is 1. The fourth-order valence-corrected chi connectivity index (χ4v) is 3.98. The minimum atomic E-state index is 0.926. The Kier molecular flexibility index (Phi) is 2.90. The molecule has 0 bridgehead atoms. The molecule has 4 rings (SSSR count). The zero-order chi connectivity index (χ0) is 13.5. The van der Waals surface area contributed by atoms with E-state index in [0.717, 1.165) is 11.0 Å². The molecule has 0 amide bonds. The van der Waals surface area contributed by atoms with Gasteiger partial charge in [-0.15, -0.1) is 11.3 Å². The van der Waals surface area contributed by atoms with Crippen molar-refractivity contribution < 1.29 is 0 Å². The van der Waals surface area contributed by atoms with E-state index in [0.29, 0.717) is 0 Å². The Morgan fingerprint density at radius 2 is 1.95 bits per heavy atom. The van der Waals surface area contributed by atoms with E-state index in [-0.39, 0.29) is 0 Å². The molecule has 0 spiro atoms. The lowest BCUT2D eigenvalue weighted by Crippen LogP contribution is -1.96. The molecule has 0 aliphatic rings. The molecule has 0 aliphatic heterocycles. The largest absolute Gasteiger partial charge is 0.343 e. The third-order valence-electron chi connectivity index (χ3n) is 3.63. The predicted octanol–water partition coefficient (Wildman–Crippen LogP) is 5.67. The monoisotopic (exact) mass is 341 g/mol. The normalized spacial score (nSPS) is 11.4. The summed E-state index contributed by atoms with van der Waals surface area (Å²) >= 11 is 5.35. The van der Waals surface area contributed by atoms with Crippen LogP contribution in [0.2, 0.25) is 0 Å². The third-order valence-corrected chi connectivity index (χ3v) is 5.14. The molecule has 0 aliphatic carbocycles. The molecule has 0 fully saturated rings. The fourth-order valence-electron chi connectivity index (χ4n) is 2.65. The van der Waals surface area contributed by atoms with Gasteiger partial charge in [0.2, 0.25) is 0 Å². The van der Waals surface area contributed by atoms with Crippen LogP contribution in [0.15, 0.2) is 64.6 Å². The highest BCUT2D eigenvalue weighted by molar-refractivity contribution is 9.10. The fraction of sp³-hybridized carbons (Fsp3) is 0.0588. The SMILES string of the molecule is Brc1ccc2c(ccn2Cc2csc3ccccc23)c1. The number of halogens is 1. The number of fused-ring (bicyclic) bond motifs is 2. The van der Waals surface area contributed by atoms with E-state index in [9.17, 15) is 0 Å². The average molecular weight is 342 g/mol. The topological polar surface area (TPSA) is 4.93 Å². The van der Waals surface area contributed by atoms with Gasteiger partial charge in [-0.3, -0.25) is 0 Å². The van der Waals surface area contributed by atoms with Crippen LogP contribution in [0.3, 0.4) is 0 Å². The molecule has 2 heterocycles. The van der Waals surface area contributed by atoms with Crippen LogP contribution in [0, 0.1) is 0 Å². The van der Waals surface area contributed by atoms with Crippen LogP contribution in [0.5, 0.6) is 0 Å². The van der Waals surface area contributed by atoms with Crippen molar-refractivity contribution in [2.24, 2.45) is 0 Å². The van der Waals surface area contributed by atoms with Gasteiger partial charge < -0.3 is 4.57 Å². The van der Waals surface area contributed by atoms with Crippen molar-refractivity contribution in [3.8, 4) is 0 Å². The van der Waals surface area contributed by atoms with Crippen molar-refractivity contribution in [3.63, 3.8) is 0 Å². The molecule has 3 heteroatoms. The van der Waals surface area contributed by atoms with E-state index in [2.05, 4.69) is 80.6 Å². The van der Waals surface area contributed by atoms with Gasteiger partial charge in [0.15, 0.2) is 0 Å². The van der Waals surface area contributed by atoms with Gasteiger partial charge in [-0.2, -0.15) is 0 Å². The van der Waals surface area contributed by atoms with Crippen LogP contribution >= 0.6 is 27.3 Å². The summed E-state index contributed by atoms with van der Waals surface area (Å²) in [6.07, 6.45) is 2.17. The Bertz CT molecular complexity index is 904. The van der Waals surface area contributed by atoms with Crippen molar-refractivity contribution in [1.82, 2.24) is 4.57 Å². The Labute approximate surface area is 129 Å². The van der Waals surface area contributed by atoms with Crippen molar-refractivity contribution in [2.45, 2.75) is 6.54 Å². The number of nitrogens with zero attached hydrogens (tertiary/aromatic N) is 1. The summed E-state index contributed by atoms with van der Waals surface area (Å²) in [5.74, 6) is 0. The minimum Gasteiger partial charge on any atom is -0.343 e. The first-order valence-corrected chi connectivity index (χ1v) is 8.18. The molecule has 0 radical (unpaired) electrons. The standard InChI is InChI=1S/C17H12BrNS/c18-14-5-6-16-12(9-14)7-8-19(16)10-13-11-20-17-4-2-1-3-15(13)17/h1-9,11H,10H2. The number of hydrogen-bond donors (Lipinski definition) is 0. The molecule has 0 saturated heterocycles. The van der Waals surface area contributed by atoms with Gasteiger partial charge in [-0.25, -0.2) is 0 Å². The van der Waals surface area contributed by atoms with Crippen LogP contribution in [0.25, 0.3) is 21.0 Å². The summed E-state index contributed by atoms with van der Waals surface area (Å²) < 4.78 is 4.81. The lowest BCUT2D eigenvalue weighted by molar-refractivity contribution is 0.846. The first-order chi connectivity index (χ1) is 9.81. The van der Waals surface area contributed by atoms with Crippen LogP contribution in [-0.4, -0.2) is 4.57 Å². The first kappa shape index (κ1) is 12.2. The third kappa shape index (κ3) is 1.98. The Morgan fingerprint density at radius 3 is 2.90 bits per heavy atom. The first-order valence-electron chi connectivity index (χ1n) is 6.51. The highest BCUT2D eigenvalue weighted by atomic mass is 79.9. The molecular formula is C17H12BrNS. The zero-order valence-corrected chi connectivity index (χ0v) is 13.1. The molecule has 2 aromatic carbocycles. The second kappa shape index (κ2) is 4.76. The molecule has 0 unspecified atom stereocenters. The molecule has 0 N–H and O–H groups in total. The van der Waals surface area contributed by atoms with E-state index in [1.165, 1.54) is 26.6 Å². The van der Waals surface area contributed by atoms with Gasteiger partial charge >= 0.3 is 0 Å². The van der Waals surface area contributed by atoms with Crippen molar-refractivity contribution in [3.05, 3.63) is 70.1 Å². The molecule has 4 aromatic rings. The molecule has 0 atom stereocenters. The summed E-state index contributed by atoms with van der Waals surface area (Å²) in [7, 11) is 0. The minimum absolute atomic E-state index is 0.926. The van der Waals surface area contributed by atoms with Gasteiger partial charge in [0.25, 0.3) is 0 Å². The Morgan fingerprint density at radius 1 is 1.05 bits per heavy atom. The number of benzene rings is 2. The summed E-state index contributed by atoms with van der Waals surface area (Å²) in [5, 5.41) is 4.92. The Balaban J connectivity index is 1.81. The highest BCUT2D eigenvalue weighted by Gasteiger charge is 2.06. The van der Waals surface area contributed by atoms with Crippen molar-refractivity contribution in [1.29, 1.82) is 0 Å². The summed E-state index contributed by atoms with van der Waals surface area (Å²) in [6.45, 7) is 0.926. The molecule has 2 aromatic heterocycles. The van der Waals surface area contributed by atoms with Gasteiger partial charge in [-0.1, -0.05) is 34.1 Å². The average Bonchev–Trinajstić information content (AvgIpc) is 3.04. The quantitative estimate of drug-likeness (QED) is 0.442. The number of thiophene rings is 1. The second-order valence-corrected chi connectivity index (χ2v) is 6.73. The highest BCUT2D eigenvalue weighted by Crippen LogP contribution is 2.28. The van der Waals surface area contributed by atoms with Crippen molar-refractivity contribution in [2.75, 3.05) is 0 Å².